The smallest absolute Gasteiger partial charge is 0.172 e. The van der Waals surface area contributed by atoms with E-state index in [2.05, 4.69) is 57.6 Å². The third kappa shape index (κ3) is 6.67. The molecule has 0 amide bonds. The fourth-order valence-corrected chi connectivity index (χ4v) is 4.54. The summed E-state index contributed by atoms with van der Waals surface area (Å²) in [5.41, 5.74) is 1.69. The molecule has 0 N–H and O–H groups in total. The van der Waals surface area contributed by atoms with Crippen molar-refractivity contribution in [3.63, 3.8) is 0 Å². The minimum absolute atomic E-state index is 0.189. The number of methoxy groups -OCH3 is 1. The summed E-state index contributed by atoms with van der Waals surface area (Å²) in [7, 11) is 8.05. The summed E-state index contributed by atoms with van der Waals surface area (Å²) in [4.78, 5) is 2.81. The van der Waals surface area contributed by atoms with Gasteiger partial charge in [0.25, 0.3) is 0 Å². The first kappa shape index (κ1) is 22.0. The van der Waals surface area contributed by atoms with E-state index >= 15 is 0 Å². The Balaban J connectivity index is 1.81. The second kappa shape index (κ2) is 9.27. The fraction of sp³-hybridized carbons (Fsp3) is 0.609. The minimum Gasteiger partial charge on any atom is -0.496 e. The van der Waals surface area contributed by atoms with Crippen molar-refractivity contribution in [2.24, 2.45) is 0 Å². The van der Waals surface area contributed by atoms with Gasteiger partial charge in [0.15, 0.2) is 12.4 Å². The molecule has 0 unspecified atom stereocenters. The summed E-state index contributed by atoms with van der Waals surface area (Å²) in [5, 5.41) is -0.251. The number of nitrogens with zero attached hydrogens (tertiary/aromatic N) is 1. The number of hydrogen-bond donors (Lipinski definition) is 0. The Morgan fingerprint density at radius 3 is 2.19 bits per heavy atom. The first-order valence-electron chi connectivity index (χ1n) is 10.1. The van der Waals surface area contributed by atoms with Crippen LogP contribution in [-0.4, -0.2) is 15.0 Å². The van der Waals surface area contributed by atoms with Crippen LogP contribution in [0.25, 0.3) is 0 Å². The number of hydrogen-bond acceptors (Lipinski definition) is 2. The molecular weight excluding hydrogens is 349 g/mol. The molecule has 2 aromatic rings. The topological polar surface area (TPSA) is 13.1 Å². The van der Waals surface area contributed by atoms with Crippen molar-refractivity contribution in [2.45, 2.75) is 84.0 Å². The number of aromatic nitrogens is 1. The molecule has 0 spiro atoms. The first-order chi connectivity index (χ1) is 12.6. The van der Waals surface area contributed by atoms with Crippen LogP contribution >= 0.6 is 11.3 Å². The van der Waals surface area contributed by atoms with E-state index in [0.29, 0.717) is 0 Å². The van der Waals surface area contributed by atoms with Crippen LogP contribution in [0.1, 0.15) is 75.6 Å². The van der Waals surface area contributed by atoms with Gasteiger partial charge in [0.05, 0.1) is 15.0 Å². The molecule has 0 aliphatic carbocycles. The molecule has 2 nitrogen and oxygen atoms in total. The van der Waals surface area contributed by atoms with Gasteiger partial charge in [-0.25, -0.2) is 4.57 Å². The average Bonchev–Trinajstić information content (AvgIpc) is 3.03. The van der Waals surface area contributed by atoms with Gasteiger partial charge in [-0.2, -0.15) is 0 Å². The Labute approximate surface area is 171 Å². The maximum atomic E-state index is 6.35. The van der Waals surface area contributed by atoms with Gasteiger partial charge in [-0.15, -0.1) is 11.3 Å². The summed E-state index contributed by atoms with van der Waals surface area (Å²) in [5.74, 6) is 0.914. The lowest BCUT2D eigenvalue weighted by molar-refractivity contribution is -0.697. The van der Waals surface area contributed by atoms with E-state index in [0.717, 1.165) is 18.7 Å². The van der Waals surface area contributed by atoms with Crippen LogP contribution in [0.5, 0.6) is 5.75 Å². The van der Waals surface area contributed by atoms with Gasteiger partial charge < -0.3 is 4.74 Å². The van der Waals surface area contributed by atoms with Gasteiger partial charge in [0, 0.05) is 28.3 Å². The number of rotatable bonds is 9. The van der Waals surface area contributed by atoms with Gasteiger partial charge in [0.1, 0.15) is 12.3 Å². The van der Waals surface area contributed by atoms with E-state index in [1.165, 1.54) is 41.0 Å². The maximum Gasteiger partial charge on any atom is 0.172 e. The lowest BCUT2D eigenvalue weighted by Gasteiger charge is -2.20. The predicted molar refractivity (Wildman–Crippen MR) is 117 cm³/mol. The third-order valence-electron chi connectivity index (χ3n) is 4.83. The van der Waals surface area contributed by atoms with E-state index in [1.807, 2.05) is 23.5 Å². The monoisotopic (exact) mass is 384 g/mol. The molecule has 2 rings (SSSR count). The van der Waals surface area contributed by atoms with Gasteiger partial charge >= 0.3 is 0 Å². The summed E-state index contributed by atoms with van der Waals surface area (Å²) < 4.78 is 7.44. The van der Waals surface area contributed by atoms with E-state index in [9.17, 15) is 0 Å². The first-order valence-corrected chi connectivity index (χ1v) is 10.9. The molecule has 146 valence electrons. The van der Waals surface area contributed by atoms with Crippen LogP contribution in [-0.2, 0) is 23.7 Å². The number of unbranched alkanes of at least 4 members (excludes halogenated alkanes) is 3. The molecule has 0 fully saturated rings. The lowest BCUT2D eigenvalue weighted by Crippen LogP contribution is -2.32. The Bertz CT molecular complexity index is 707. The van der Waals surface area contributed by atoms with Crippen molar-refractivity contribution in [1.29, 1.82) is 0 Å². The number of aryl methyl sites for hydroxylation is 2. The van der Waals surface area contributed by atoms with Crippen molar-refractivity contribution in [1.82, 2.24) is 0 Å². The predicted octanol–water partition coefficient (Wildman–Crippen LogP) is 5.55. The summed E-state index contributed by atoms with van der Waals surface area (Å²) in [6.07, 6.45) is 10.4. The Kier molecular flexibility index (Phi) is 7.56. The second-order valence-electron chi connectivity index (χ2n) is 9.08. The average molecular weight is 384 g/mol. The summed E-state index contributed by atoms with van der Waals surface area (Å²) >= 11 is 1.90. The minimum atomic E-state index is -0.251. The normalized spacial score (nSPS) is 12.4. The Morgan fingerprint density at radius 2 is 1.63 bits per heavy atom. The lowest BCUT2D eigenvalue weighted by atomic mass is 9.71. The zero-order valence-corrected chi connectivity index (χ0v) is 18.8. The van der Waals surface area contributed by atoms with Crippen molar-refractivity contribution in [2.75, 3.05) is 7.11 Å². The van der Waals surface area contributed by atoms with Gasteiger partial charge in [-0.05, 0) is 41.6 Å². The molecule has 2 aromatic heterocycles. The molecule has 0 aliphatic rings. The van der Waals surface area contributed by atoms with Crippen molar-refractivity contribution >= 4 is 19.2 Å². The summed E-state index contributed by atoms with van der Waals surface area (Å²) in [6, 6.07) is 6.39. The van der Waals surface area contributed by atoms with Crippen molar-refractivity contribution in [3.8, 4) is 5.75 Å². The fourth-order valence-electron chi connectivity index (χ4n) is 3.26. The molecule has 0 saturated heterocycles. The molecule has 2 radical (unpaired) electrons. The summed E-state index contributed by atoms with van der Waals surface area (Å²) in [6.45, 7) is 12.2. The molecule has 4 heteroatoms. The van der Waals surface area contributed by atoms with E-state index in [4.69, 9.17) is 12.6 Å². The third-order valence-corrected chi connectivity index (χ3v) is 6.78. The number of pyridine rings is 1. The highest BCUT2D eigenvalue weighted by molar-refractivity contribution is 7.12. The van der Waals surface area contributed by atoms with Crippen LogP contribution in [0.15, 0.2) is 30.6 Å². The molecule has 0 aliphatic heterocycles. The van der Waals surface area contributed by atoms with Crippen LogP contribution < -0.4 is 9.30 Å². The SMILES string of the molecule is [B]C(C)(C)c1cc(CCCCCC[n+]2ccc(OC)cc2)c(C(C)(C)C)s1. The van der Waals surface area contributed by atoms with Gasteiger partial charge in [-0.3, -0.25) is 0 Å². The van der Waals surface area contributed by atoms with Crippen molar-refractivity contribution in [3.05, 3.63) is 45.9 Å². The molecule has 0 atom stereocenters. The van der Waals surface area contributed by atoms with Crippen LogP contribution in [0.4, 0.5) is 0 Å². The highest BCUT2D eigenvalue weighted by atomic mass is 32.1. The Morgan fingerprint density at radius 1 is 1.00 bits per heavy atom. The van der Waals surface area contributed by atoms with Crippen LogP contribution in [0.3, 0.4) is 0 Å². The largest absolute Gasteiger partial charge is 0.496 e. The molecule has 27 heavy (non-hydrogen) atoms. The maximum absolute atomic E-state index is 6.35. The second-order valence-corrected chi connectivity index (χ2v) is 10.1. The number of thiophene rings is 1. The highest BCUT2D eigenvalue weighted by Crippen LogP contribution is 2.38. The van der Waals surface area contributed by atoms with Crippen molar-refractivity contribution < 1.29 is 9.30 Å². The molecular formula is C23H35BNOS+. The molecule has 0 aromatic carbocycles. The van der Waals surface area contributed by atoms with Crippen LogP contribution in [0, 0.1) is 0 Å². The zero-order chi connectivity index (χ0) is 20.1. The van der Waals surface area contributed by atoms with Crippen LogP contribution in [0.2, 0.25) is 0 Å². The highest BCUT2D eigenvalue weighted by Gasteiger charge is 2.25. The number of ether oxygens (including phenoxy) is 1. The quantitative estimate of drug-likeness (QED) is 0.314. The zero-order valence-electron chi connectivity index (χ0n) is 18.0. The van der Waals surface area contributed by atoms with E-state index < -0.39 is 0 Å². The molecule has 0 bridgehead atoms. The standard InChI is InChI=1S/C23H35BNOS/c1-22(2,3)21-18(17-20(27-21)23(4,5)24)11-9-7-8-10-14-25-15-12-19(26-6)13-16-25/h12-13,15-17H,7-11,14H2,1-6H3/q+1. The van der Waals surface area contributed by atoms with E-state index in [1.54, 1.807) is 7.11 Å². The van der Waals surface area contributed by atoms with E-state index in [-0.39, 0.29) is 10.7 Å². The molecule has 2 heterocycles. The molecule has 0 saturated carbocycles. The van der Waals surface area contributed by atoms with Gasteiger partial charge in [-0.1, -0.05) is 41.0 Å². The Hall–Kier alpha value is -1.29. The van der Waals surface area contributed by atoms with Gasteiger partial charge in [0.2, 0.25) is 0 Å².